The number of aliphatic imine (C=N–C) groups is 2. The first-order valence-corrected chi connectivity index (χ1v) is 31.7. The van der Waals surface area contributed by atoms with Gasteiger partial charge >= 0.3 is 5.97 Å². The molecule has 38 nitrogen and oxygen atoms in total. The first kappa shape index (κ1) is 76.1. The highest BCUT2D eigenvalue weighted by Gasteiger charge is 2.55. The third-order valence-electron chi connectivity index (χ3n) is 18.0. The predicted octanol–water partition coefficient (Wildman–Crippen LogP) is -11.6. The largest absolute Gasteiger partial charge is 0.462 e. The maximum Gasteiger partial charge on any atom is 0.306 e. The van der Waals surface area contributed by atoms with Gasteiger partial charge in [0.25, 0.3) is 0 Å². The maximum absolute atomic E-state index is 15.2. The van der Waals surface area contributed by atoms with Crippen molar-refractivity contribution >= 4 is 53.3 Å². The highest BCUT2D eigenvalue weighted by Crippen LogP contribution is 2.33. The monoisotopic (exact) mass is 1390 g/mol. The molecule has 6 aliphatic rings. The molecular formula is C60H88N12O26. The van der Waals surface area contributed by atoms with Crippen LogP contribution < -0.4 is 53.4 Å². The quantitative estimate of drug-likeness (QED) is 0.0516. The van der Waals surface area contributed by atoms with E-state index >= 15 is 9.59 Å². The molecule has 0 saturated carbocycles. The van der Waals surface area contributed by atoms with Crippen LogP contribution in [0, 0.1) is 5.92 Å². The standard InChI is InChI=1S/C60H88N12O26/c1-4-23(2)14-36(78)97-50-43(82)33(21-75)95-58(48(50)87)98-49-34(22-76)96-57(47(86)45(49)84)93-27-12-10-25(11-13-27)15-28-52(89)70-38(40(79)29-16-64-59(61)68-29)55(92)71-39(41(80)31-17-65-60(62)72(31)56-46(85)44(83)42(81)32(20-74)94-56)54(91)67-30(19-73)51(88)63-18-35(77)69-37(53(90)66-28)24(3)26-8-6-5-7-9-26/h5-13,23-24,28-34,37-50,56-58,73-76,79-87H,4,14-22H2,1-3H3,(H2,62,65)(H,63,88)(H,66,90)(H,67,91)(H,69,77)(H,70,89)(H,71,92)(H3,61,64,68)/t23?,24?,28-,29?,30+,31?,32-,33-,34-,37+,38+,39-,40?,41?,42-,43-,44+,45-,46+,47+,48+,49-,50+,56+,57+,58-/m1/s1. The third-order valence-corrected chi connectivity index (χ3v) is 18.0. The number of aliphatic hydroxyl groups excluding tert-OH is 13. The number of nitrogens with two attached hydrogens (primary N) is 2. The van der Waals surface area contributed by atoms with E-state index < -0.39 is 246 Å². The fraction of sp³-hybridized carbons (Fsp3) is 0.650. The summed E-state index contributed by atoms with van der Waals surface area (Å²) >= 11 is 0. The normalized spacial score (nSPS) is 36.0. The third kappa shape index (κ3) is 17.7. The SMILES string of the molecule is CCC(C)CC(=O)O[C@@H]1[C@H](O)[C@@H](O[C@H]2[C@H](O)[C@H](O)[C@@H](Oc3ccc(C[C@H]4NC(=O)[C@H](C(C)c5ccccc5)NC(=O)CNC(=O)[C@H](CO)NC(=O)[C@@H](C(O)C5CN=C(N)N5[C@H]5O[C@H](CO)[C@@H](O)[C@H](O)[C@@H]5O)NC(=O)[C@H](C(O)C5CN=C(N)N5)NC4=O)cc3)O[C@@H]2CO)O[C@H](CO)[C@H]1O. The number of rotatable bonds is 21. The average molecular weight is 1390 g/mol. The van der Waals surface area contributed by atoms with Crippen molar-refractivity contribution in [3.8, 4) is 5.75 Å². The number of esters is 1. The summed E-state index contributed by atoms with van der Waals surface area (Å²) in [5, 5.41) is 160. The lowest BCUT2D eigenvalue weighted by molar-refractivity contribution is -0.353. The topological polar surface area (TPSA) is 602 Å². The van der Waals surface area contributed by atoms with Crippen LogP contribution in [-0.2, 0) is 63.7 Å². The van der Waals surface area contributed by atoms with E-state index in [0.717, 1.165) is 4.90 Å². The fourth-order valence-electron chi connectivity index (χ4n) is 12.0. The zero-order valence-corrected chi connectivity index (χ0v) is 53.4. The van der Waals surface area contributed by atoms with Gasteiger partial charge in [0.05, 0.1) is 58.1 Å². The Kier molecular flexibility index (Phi) is 26.4. The Morgan fingerprint density at radius 2 is 1.22 bits per heavy atom. The van der Waals surface area contributed by atoms with Crippen LogP contribution in [0.25, 0.3) is 0 Å². The number of carbonyl (C=O) groups is 7. The number of hydrogen-bond acceptors (Lipinski definition) is 32. The molecule has 4 saturated heterocycles. The molecule has 544 valence electrons. The van der Waals surface area contributed by atoms with Gasteiger partial charge in [0.1, 0.15) is 115 Å². The summed E-state index contributed by atoms with van der Waals surface area (Å²) in [5.41, 5.74) is 12.8. The van der Waals surface area contributed by atoms with Gasteiger partial charge in [-0.15, -0.1) is 0 Å². The molecule has 0 aliphatic carbocycles. The molecule has 4 fully saturated rings. The van der Waals surface area contributed by atoms with Gasteiger partial charge in [0.15, 0.2) is 30.5 Å². The summed E-state index contributed by atoms with van der Waals surface area (Å²) in [6, 6.07) is 0.747. The van der Waals surface area contributed by atoms with Gasteiger partial charge in [0.2, 0.25) is 41.7 Å². The number of guanidine groups is 2. The number of nitrogens with one attached hydrogen (secondary N) is 7. The molecule has 26 atom stereocenters. The number of aliphatic hydroxyl groups is 13. The Bertz CT molecular complexity index is 3130. The highest BCUT2D eigenvalue weighted by molar-refractivity contribution is 5.98. The molecule has 0 aromatic heterocycles. The van der Waals surface area contributed by atoms with Crippen molar-refractivity contribution in [1.82, 2.24) is 42.1 Å². The summed E-state index contributed by atoms with van der Waals surface area (Å²) in [7, 11) is 0. The molecule has 98 heavy (non-hydrogen) atoms. The van der Waals surface area contributed by atoms with Crippen LogP contribution in [0.1, 0.15) is 50.7 Å². The van der Waals surface area contributed by atoms with Gasteiger partial charge in [-0.2, -0.15) is 0 Å². The number of amides is 6. The first-order chi connectivity index (χ1) is 46.6. The molecule has 6 amide bonds. The van der Waals surface area contributed by atoms with E-state index in [0.29, 0.717) is 12.0 Å². The van der Waals surface area contributed by atoms with Crippen molar-refractivity contribution in [2.24, 2.45) is 27.4 Å². The van der Waals surface area contributed by atoms with E-state index in [2.05, 4.69) is 47.2 Å². The molecule has 6 unspecified atom stereocenters. The molecule has 2 aromatic carbocycles. The fourth-order valence-corrected chi connectivity index (χ4v) is 12.0. The van der Waals surface area contributed by atoms with Crippen molar-refractivity contribution < 1.29 is 128 Å². The van der Waals surface area contributed by atoms with Crippen LogP contribution in [-0.4, -0.2) is 317 Å². The lowest BCUT2D eigenvalue weighted by Crippen LogP contribution is -2.70. The average Bonchev–Trinajstić information content (AvgIpc) is 1.44. The zero-order chi connectivity index (χ0) is 71.6. The highest BCUT2D eigenvalue weighted by atomic mass is 16.7. The zero-order valence-electron chi connectivity index (χ0n) is 53.4. The number of carbonyl (C=O) groups excluding carboxylic acids is 7. The van der Waals surface area contributed by atoms with Gasteiger partial charge in [-0.05, 0) is 29.2 Å². The Balaban J connectivity index is 1.09. The molecule has 2 aromatic rings. The summed E-state index contributed by atoms with van der Waals surface area (Å²) in [6.07, 6.45) is -31.3. The van der Waals surface area contributed by atoms with Crippen LogP contribution in [0.15, 0.2) is 64.6 Å². The van der Waals surface area contributed by atoms with Crippen molar-refractivity contribution in [2.75, 3.05) is 46.1 Å². The Morgan fingerprint density at radius 3 is 1.86 bits per heavy atom. The molecule has 0 bridgehead atoms. The van der Waals surface area contributed by atoms with Crippen LogP contribution in [0.2, 0.25) is 0 Å². The van der Waals surface area contributed by atoms with Gasteiger partial charge < -0.3 is 148 Å². The Hall–Kier alpha value is -7.61. The van der Waals surface area contributed by atoms with Crippen molar-refractivity contribution in [1.29, 1.82) is 0 Å². The molecule has 6 aliphatic heterocycles. The van der Waals surface area contributed by atoms with E-state index in [1.54, 1.807) is 44.2 Å². The van der Waals surface area contributed by atoms with Crippen LogP contribution in [0.3, 0.4) is 0 Å². The minimum atomic E-state index is -2.35. The van der Waals surface area contributed by atoms with Crippen LogP contribution in [0.4, 0.5) is 0 Å². The first-order valence-electron chi connectivity index (χ1n) is 31.7. The van der Waals surface area contributed by atoms with Crippen LogP contribution >= 0.6 is 0 Å². The molecule has 0 radical (unpaired) electrons. The molecule has 0 spiro atoms. The van der Waals surface area contributed by atoms with Crippen molar-refractivity contribution in [3.05, 3.63) is 65.7 Å². The second-order valence-corrected chi connectivity index (χ2v) is 24.7. The van der Waals surface area contributed by atoms with E-state index in [4.69, 9.17) is 39.9 Å². The molecule has 38 heteroatoms. The van der Waals surface area contributed by atoms with E-state index in [9.17, 15) is 90.4 Å². The van der Waals surface area contributed by atoms with Gasteiger partial charge in [-0.25, -0.2) is 0 Å². The number of nitrogens with zero attached hydrogens (tertiary/aromatic N) is 3. The van der Waals surface area contributed by atoms with Crippen molar-refractivity contribution in [2.45, 2.75) is 193 Å². The minimum absolute atomic E-state index is 0.0763. The van der Waals surface area contributed by atoms with E-state index in [1.807, 2.05) is 6.92 Å². The smallest absolute Gasteiger partial charge is 0.306 e. The molecule has 6 heterocycles. The second-order valence-electron chi connectivity index (χ2n) is 24.7. The minimum Gasteiger partial charge on any atom is -0.462 e. The van der Waals surface area contributed by atoms with E-state index in [-0.39, 0.29) is 36.2 Å². The van der Waals surface area contributed by atoms with Gasteiger partial charge in [-0.3, -0.25) is 43.5 Å². The Morgan fingerprint density at radius 1 is 0.612 bits per heavy atom. The summed E-state index contributed by atoms with van der Waals surface area (Å²) < 4.78 is 34.3. The lowest BCUT2D eigenvalue weighted by Gasteiger charge is -2.46. The predicted molar refractivity (Wildman–Crippen MR) is 331 cm³/mol. The summed E-state index contributed by atoms with van der Waals surface area (Å²) in [5.74, 6) is -9.96. The van der Waals surface area contributed by atoms with Crippen LogP contribution in [0.5, 0.6) is 5.75 Å². The molecule has 24 N–H and O–H groups in total. The lowest BCUT2D eigenvalue weighted by atomic mass is 9.92. The number of benzene rings is 2. The molecule has 8 rings (SSSR count). The maximum atomic E-state index is 15.2. The van der Waals surface area contributed by atoms with Gasteiger partial charge in [-0.1, -0.05) is 69.7 Å². The van der Waals surface area contributed by atoms with Gasteiger partial charge in [0, 0.05) is 18.8 Å². The molecular weight excluding hydrogens is 1300 g/mol. The summed E-state index contributed by atoms with van der Waals surface area (Å²) in [6.45, 7) is -0.427. The Labute approximate surface area is 559 Å². The number of hydrogen-bond donors (Lipinski definition) is 22. The van der Waals surface area contributed by atoms with Crippen molar-refractivity contribution in [3.63, 3.8) is 0 Å². The number of ether oxygens (including phenoxy) is 6. The second kappa shape index (κ2) is 34.0. The van der Waals surface area contributed by atoms with E-state index in [1.165, 1.54) is 24.3 Å². The summed E-state index contributed by atoms with van der Waals surface area (Å²) in [4.78, 5) is 109.